The number of esters is 2. The Morgan fingerprint density at radius 2 is 1.51 bits per heavy atom. The third kappa shape index (κ3) is 7.83. The van der Waals surface area contributed by atoms with E-state index in [1.165, 1.54) is 0 Å². The highest BCUT2D eigenvalue weighted by molar-refractivity contribution is 7.48. The van der Waals surface area contributed by atoms with Crippen LogP contribution in [0.1, 0.15) is 66.4 Å². The molecule has 0 radical (unpaired) electrons. The number of hydrogen-bond donors (Lipinski definition) is 0. The summed E-state index contributed by atoms with van der Waals surface area (Å²) in [6.07, 6.45) is 3.81. The van der Waals surface area contributed by atoms with E-state index in [9.17, 15) is 14.2 Å². The number of nitrogens with zero attached hydrogens (tertiary/aromatic N) is 1. The van der Waals surface area contributed by atoms with E-state index in [-0.39, 0.29) is 11.5 Å². The van der Waals surface area contributed by atoms with Crippen molar-refractivity contribution in [3.8, 4) is 11.5 Å². The van der Waals surface area contributed by atoms with E-state index in [4.69, 9.17) is 32.5 Å². The van der Waals surface area contributed by atoms with Crippen LogP contribution in [-0.2, 0) is 42.6 Å². The third-order valence-corrected chi connectivity index (χ3v) is 8.68. The van der Waals surface area contributed by atoms with Gasteiger partial charge in [-0.05, 0) is 91.7 Å². The SMILES string of the molecule is COc1ccc([C@@]23CC=C(OP(=O)(OCOC(=O)C(C)(C)C)OCOC(=O)C(C)(C)C)C[C@@H]2N(C)CC3)cc1OC. The molecule has 2 atom stereocenters. The summed E-state index contributed by atoms with van der Waals surface area (Å²) in [5, 5.41) is 0. The number of likely N-dealkylation sites (N-methyl/N-ethyl adjacent to an activating group) is 1. The van der Waals surface area contributed by atoms with E-state index < -0.39 is 44.2 Å². The molecule has 1 fully saturated rings. The third-order valence-electron chi connectivity index (χ3n) is 7.38. The van der Waals surface area contributed by atoms with Gasteiger partial charge in [-0.25, -0.2) is 13.6 Å². The molecule has 11 nitrogen and oxygen atoms in total. The lowest BCUT2D eigenvalue weighted by atomic mass is 9.68. The van der Waals surface area contributed by atoms with Crippen molar-refractivity contribution in [3.05, 3.63) is 35.6 Å². The van der Waals surface area contributed by atoms with Gasteiger partial charge in [0.2, 0.25) is 13.6 Å². The van der Waals surface area contributed by atoms with E-state index >= 15 is 0 Å². The van der Waals surface area contributed by atoms with E-state index in [2.05, 4.69) is 11.0 Å². The van der Waals surface area contributed by atoms with Crippen LogP contribution in [0.2, 0.25) is 0 Å². The van der Waals surface area contributed by atoms with Crippen molar-refractivity contribution in [2.45, 2.75) is 72.3 Å². The maximum atomic E-state index is 13.7. The number of likely N-dealkylation sites (tertiary alicyclic amines) is 1. The molecule has 41 heavy (non-hydrogen) atoms. The molecule has 12 heteroatoms. The number of allylic oxidation sites excluding steroid dienone is 1. The van der Waals surface area contributed by atoms with Gasteiger partial charge in [0.1, 0.15) is 5.76 Å². The lowest BCUT2D eigenvalue weighted by molar-refractivity contribution is -0.163. The summed E-state index contributed by atoms with van der Waals surface area (Å²) < 4.78 is 51.5. The molecule has 1 aliphatic heterocycles. The van der Waals surface area contributed by atoms with Gasteiger partial charge < -0.3 is 28.4 Å². The lowest BCUT2D eigenvalue weighted by Crippen LogP contribution is -2.43. The Balaban J connectivity index is 1.81. The van der Waals surface area contributed by atoms with Crippen LogP contribution < -0.4 is 9.47 Å². The second-order valence-electron chi connectivity index (χ2n) is 12.4. The Morgan fingerprint density at radius 1 is 0.951 bits per heavy atom. The number of phosphoric ester groups is 1. The predicted molar refractivity (Wildman–Crippen MR) is 151 cm³/mol. The van der Waals surface area contributed by atoms with E-state index in [0.29, 0.717) is 30.1 Å². The van der Waals surface area contributed by atoms with Gasteiger partial charge in [-0.2, -0.15) is 0 Å². The van der Waals surface area contributed by atoms with Crippen LogP contribution in [0.15, 0.2) is 30.0 Å². The number of methoxy groups -OCH3 is 2. The van der Waals surface area contributed by atoms with Crippen molar-refractivity contribution in [2.75, 3.05) is 41.4 Å². The van der Waals surface area contributed by atoms with E-state index in [0.717, 1.165) is 18.5 Å². The number of fused-ring (bicyclic) bond motifs is 1. The van der Waals surface area contributed by atoms with Gasteiger partial charge >= 0.3 is 19.8 Å². The molecule has 1 aromatic carbocycles. The Morgan fingerprint density at radius 3 is 2.02 bits per heavy atom. The van der Waals surface area contributed by atoms with Gasteiger partial charge in [-0.1, -0.05) is 6.07 Å². The Hall–Kier alpha value is -2.59. The maximum Gasteiger partial charge on any atom is 0.535 e. The maximum absolute atomic E-state index is 13.7. The number of hydrogen-bond acceptors (Lipinski definition) is 11. The average Bonchev–Trinajstić information content (AvgIpc) is 3.23. The molecular formula is C29H44NO10P. The zero-order chi connectivity index (χ0) is 30.6. The molecule has 3 rings (SSSR count). The monoisotopic (exact) mass is 597 g/mol. The normalized spacial score (nSPS) is 21.5. The van der Waals surface area contributed by atoms with Crippen molar-refractivity contribution >= 4 is 19.8 Å². The van der Waals surface area contributed by atoms with Crippen LogP contribution in [0.5, 0.6) is 11.5 Å². The summed E-state index contributed by atoms with van der Waals surface area (Å²) in [4.78, 5) is 26.6. The highest BCUT2D eigenvalue weighted by Crippen LogP contribution is 2.56. The number of benzene rings is 1. The standard InChI is InChI=1S/C29H44NO10P/c1-27(2,3)25(31)36-18-38-41(33,39-19-37-26(32)28(4,5)6)40-21-12-13-29(14-15-30(7)24(29)17-21)20-10-11-22(34-8)23(16-20)35-9/h10-12,16,24H,13-15,17-19H2,1-9H3/t24-,29-/m0/s1. The first-order valence-corrected chi connectivity index (χ1v) is 15.1. The second kappa shape index (κ2) is 12.7. The molecule has 0 amide bonds. The average molecular weight is 598 g/mol. The summed E-state index contributed by atoms with van der Waals surface area (Å²) in [5.74, 6) is 0.618. The molecule has 1 heterocycles. The second-order valence-corrected chi connectivity index (χ2v) is 14.0. The number of ether oxygens (including phenoxy) is 4. The topological polar surface area (TPSA) is 119 Å². The van der Waals surface area contributed by atoms with Gasteiger partial charge in [0.15, 0.2) is 11.5 Å². The summed E-state index contributed by atoms with van der Waals surface area (Å²) in [5.41, 5.74) is -0.691. The highest BCUT2D eigenvalue weighted by atomic mass is 31.2. The number of rotatable bonds is 11. The minimum atomic E-state index is -4.36. The first-order chi connectivity index (χ1) is 19.0. The molecule has 2 aliphatic rings. The number of carbonyl (C=O) groups excluding carboxylic acids is 2. The molecule has 0 bridgehead atoms. The lowest BCUT2D eigenvalue weighted by Gasteiger charge is -2.41. The van der Waals surface area contributed by atoms with Crippen molar-refractivity contribution in [1.82, 2.24) is 4.90 Å². The fraction of sp³-hybridized carbons (Fsp3) is 0.655. The summed E-state index contributed by atoms with van der Waals surface area (Å²) >= 11 is 0. The Kier molecular flexibility index (Phi) is 10.2. The summed E-state index contributed by atoms with van der Waals surface area (Å²) in [6, 6.07) is 5.99. The van der Waals surface area contributed by atoms with Crippen LogP contribution in [0.3, 0.4) is 0 Å². The van der Waals surface area contributed by atoms with Crippen LogP contribution in [0.25, 0.3) is 0 Å². The molecule has 0 saturated carbocycles. The van der Waals surface area contributed by atoms with Gasteiger partial charge in [0.05, 0.1) is 25.0 Å². The van der Waals surface area contributed by atoms with Crippen LogP contribution in [0, 0.1) is 10.8 Å². The molecule has 1 saturated heterocycles. The summed E-state index contributed by atoms with van der Waals surface area (Å²) in [7, 11) is 0.899. The van der Waals surface area contributed by atoms with Crippen molar-refractivity contribution in [1.29, 1.82) is 0 Å². The molecule has 1 aliphatic carbocycles. The number of phosphoric acid groups is 1. The van der Waals surface area contributed by atoms with Gasteiger partial charge in [0.25, 0.3) is 0 Å². The fourth-order valence-electron chi connectivity index (χ4n) is 4.91. The molecule has 1 aromatic rings. The predicted octanol–water partition coefficient (Wildman–Crippen LogP) is 5.57. The molecule has 230 valence electrons. The first-order valence-electron chi connectivity index (χ1n) is 13.6. The molecule has 0 unspecified atom stereocenters. The first kappa shape index (κ1) is 32.9. The summed E-state index contributed by atoms with van der Waals surface area (Å²) in [6.45, 7) is 9.64. The van der Waals surface area contributed by atoms with Crippen LogP contribution in [-0.4, -0.2) is 64.3 Å². The molecule has 0 spiro atoms. The number of carbonyl (C=O) groups is 2. The smallest absolute Gasteiger partial charge is 0.493 e. The van der Waals surface area contributed by atoms with Gasteiger partial charge in [-0.3, -0.25) is 9.59 Å². The minimum Gasteiger partial charge on any atom is -0.493 e. The highest BCUT2D eigenvalue weighted by Gasteiger charge is 2.50. The van der Waals surface area contributed by atoms with Crippen LogP contribution in [0.4, 0.5) is 0 Å². The largest absolute Gasteiger partial charge is 0.535 e. The van der Waals surface area contributed by atoms with Crippen molar-refractivity contribution in [2.24, 2.45) is 10.8 Å². The van der Waals surface area contributed by atoms with Crippen LogP contribution >= 0.6 is 7.82 Å². The van der Waals surface area contributed by atoms with Gasteiger partial charge in [0, 0.05) is 17.9 Å². The molecule has 0 N–H and O–H groups in total. The Labute approximate surface area is 243 Å². The molecular weight excluding hydrogens is 553 g/mol. The fourth-order valence-corrected chi connectivity index (χ4v) is 5.89. The Bertz CT molecular complexity index is 1150. The minimum absolute atomic E-state index is 0.0199. The van der Waals surface area contributed by atoms with E-state index in [1.54, 1.807) is 55.8 Å². The zero-order valence-electron chi connectivity index (χ0n) is 25.6. The van der Waals surface area contributed by atoms with Crippen molar-refractivity contribution in [3.63, 3.8) is 0 Å². The zero-order valence-corrected chi connectivity index (χ0v) is 26.5. The van der Waals surface area contributed by atoms with E-state index in [1.807, 2.05) is 25.3 Å². The van der Waals surface area contributed by atoms with Crippen molar-refractivity contribution < 1.29 is 46.7 Å². The quantitative estimate of drug-likeness (QED) is 0.181. The van der Waals surface area contributed by atoms with Gasteiger partial charge in [-0.15, -0.1) is 0 Å². The molecule has 0 aromatic heterocycles.